The summed E-state index contributed by atoms with van der Waals surface area (Å²) in [4.78, 5) is 13.2. The number of aliphatic carboxylic acids is 1. The highest BCUT2D eigenvalue weighted by Gasteiger charge is 2.26. The smallest absolute Gasteiger partial charge is 0.309 e. The minimum Gasteiger partial charge on any atom is -0.481 e. The van der Waals surface area contributed by atoms with E-state index < -0.39 is 11.4 Å². The fraction of sp³-hybridized carbons (Fsp3) is 0.615. The van der Waals surface area contributed by atoms with Crippen molar-refractivity contribution >= 4 is 17.3 Å². The largest absolute Gasteiger partial charge is 0.481 e. The molecular formula is C13H21NO2S. The van der Waals surface area contributed by atoms with Gasteiger partial charge in [0.25, 0.3) is 0 Å². The van der Waals surface area contributed by atoms with E-state index in [9.17, 15) is 4.79 Å². The summed E-state index contributed by atoms with van der Waals surface area (Å²) in [6.45, 7) is 5.45. The monoisotopic (exact) mass is 255 g/mol. The maximum Gasteiger partial charge on any atom is 0.309 e. The average molecular weight is 255 g/mol. The molecule has 0 radical (unpaired) electrons. The summed E-state index contributed by atoms with van der Waals surface area (Å²) < 4.78 is 0. The van der Waals surface area contributed by atoms with Gasteiger partial charge in [0.1, 0.15) is 0 Å². The number of hydrogen-bond acceptors (Lipinski definition) is 3. The van der Waals surface area contributed by atoms with Crippen LogP contribution in [0.1, 0.15) is 32.3 Å². The van der Waals surface area contributed by atoms with Crippen LogP contribution in [0.2, 0.25) is 0 Å². The molecule has 4 heteroatoms. The van der Waals surface area contributed by atoms with Crippen LogP contribution in [-0.2, 0) is 11.3 Å². The fourth-order valence-corrected chi connectivity index (χ4v) is 2.33. The highest BCUT2D eigenvalue weighted by Crippen LogP contribution is 2.22. The van der Waals surface area contributed by atoms with E-state index in [2.05, 4.69) is 28.8 Å². The third-order valence-electron chi connectivity index (χ3n) is 2.95. The normalized spacial score (nSPS) is 12.0. The second kappa shape index (κ2) is 6.17. The number of hydrogen-bond donors (Lipinski definition) is 1. The van der Waals surface area contributed by atoms with Crippen molar-refractivity contribution in [3.8, 4) is 0 Å². The molecule has 0 unspecified atom stereocenters. The summed E-state index contributed by atoms with van der Waals surface area (Å²) in [7, 11) is 2.07. The summed E-state index contributed by atoms with van der Waals surface area (Å²) in [6.07, 6.45) is 1.64. The molecule has 1 aromatic heterocycles. The predicted molar refractivity (Wildman–Crippen MR) is 71.3 cm³/mol. The summed E-state index contributed by atoms with van der Waals surface area (Å²) in [5, 5.41) is 13.2. The summed E-state index contributed by atoms with van der Waals surface area (Å²) >= 11 is 1.71. The standard InChI is InChI=1S/C13H21NO2S/c1-13(2,12(15)16)6-4-7-14(3)9-11-5-8-17-10-11/h5,8,10H,4,6-7,9H2,1-3H3,(H,15,16). The van der Waals surface area contributed by atoms with Gasteiger partial charge in [0.2, 0.25) is 0 Å². The van der Waals surface area contributed by atoms with Crippen molar-refractivity contribution in [1.29, 1.82) is 0 Å². The highest BCUT2D eigenvalue weighted by atomic mass is 32.1. The molecule has 0 saturated heterocycles. The van der Waals surface area contributed by atoms with E-state index in [4.69, 9.17) is 5.11 Å². The number of carboxylic acid groups (broad SMARTS) is 1. The second-order valence-electron chi connectivity index (χ2n) is 5.16. The van der Waals surface area contributed by atoms with E-state index in [1.165, 1.54) is 5.56 Å². The van der Waals surface area contributed by atoms with Crippen LogP contribution in [0.3, 0.4) is 0 Å². The molecule has 0 fully saturated rings. The number of thiophene rings is 1. The molecule has 0 aliphatic rings. The van der Waals surface area contributed by atoms with Gasteiger partial charge in [-0.25, -0.2) is 0 Å². The zero-order valence-electron chi connectivity index (χ0n) is 10.8. The first-order chi connectivity index (χ1) is 7.92. The van der Waals surface area contributed by atoms with E-state index in [0.717, 1.165) is 25.9 Å². The zero-order valence-corrected chi connectivity index (χ0v) is 11.6. The molecule has 1 heterocycles. The van der Waals surface area contributed by atoms with Crippen molar-refractivity contribution in [3.05, 3.63) is 22.4 Å². The lowest BCUT2D eigenvalue weighted by Gasteiger charge is -2.21. The number of carboxylic acids is 1. The minimum atomic E-state index is -0.710. The van der Waals surface area contributed by atoms with Gasteiger partial charge in [-0.05, 0) is 62.7 Å². The Kier molecular flexibility index (Phi) is 5.15. The highest BCUT2D eigenvalue weighted by molar-refractivity contribution is 7.07. The van der Waals surface area contributed by atoms with E-state index in [-0.39, 0.29) is 0 Å². The molecule has 0 bridgehead atoms. The minimum absolute atomic E-state index is 0.608. The molecule has 0 spiro atoms. The van der Waals surface area contributed by atoms with Gasteiger partial charge in [0.15, 0.2) is 0 Å². The van der Waals surface area contributed by atoms with Gasteiger partial charge in [-0.3, -0.25) is 4.79 Å². The Morgan fingerprint density at radius 1 is 1.53 bits per heavy atom. The molecule has 0 saturated carbocycles. The lowest BCUT2D eigenvalue weighted by atomic mass is 9.88. The van der Waals surface area contributed by atoms with Crippen LogP contribution in [0, 0.1) is 5.41 Å². The molecular weight excluding hydrogens is 234 g/mol. The Bertz CT molecular complexity index is 346. The van der Waals surface area contributed by atoms with Crippen molar-refractivity contribution in [2.75, 3.05) is 13.6 Å². The van der Waals surface area contributed by atoms with E-state index >= 15 is 0 Å². The third-order valence-corrected chi connectivity index (χ3v) is 3.69. The summed E-state index contributed by atoms with van der Waals surface area (Å²) in [5.41, 5.74) is 0.721. The lowest BCUT2D eigenvalue weighted by Crippen LogP contribution is -2.26. The Morgan fingerprint density at radius 3 is 2.76 bits per heavy atom. The molecule has 96 valence electrons. The van der Waals surface area contributed by atoms with Crippen LogP contribution in [0.4, 0.5) is 0 Å². The molecule has 0 atom stereocenters. The van der Waals surface area contributed by atoms with Crippen molar-refractivity contribution in [2.24, 2.45) is 5.41 Å². The second-order valence-corrected chi connectivity index (χ2v) is 5.94. The topological polar surface area (TPSA) is 40.5 Å². The van der Waals surface area contributed by atoms with Gasteiger partial charge >= 0.3 is 5.97 Å². The van der Waals surface area contributed by atoms with Gasteiger partial charge in [-0.1, -0.05) is 0 Å². The summed E-state index contributed by atoms with van der Waals surface area (Å²) in [5.74, 6) is -0.710. The van der Waals surface area contributed by atoms with E-state index in [1.807, 2.05) is 0 Å². The predicted octanol–water partition coefficient (Wildman–Crippen LogP) is 3.07. The molecule has 1 aromatic rings. The molecule has 0 aromatic carbocycles. The first-order valence-corrected chi connectivity index (χ1v) is 6.79. The molecule has 1 rings (SSSR count). The van der Waals surface area contributed by atoms with Crippen LogP contribution in [0.25, 0.3) is 0 Å². The van der Waals surface area contributed by atoms with Gasteiger partial charge in [-0.2, -0.15) is 11.3 Å². The third kappa shape index (κ3) is 4.88. The zero-order chi connectivity index (χ0) is 12.9. The molecule has 3 nitrogen and oxygen atoms in total. The quantitative estimate of drug-likeness (QED) is 0.814. The Labute approximate surface area is 107 Å². The van der Waals surface area contributed by atoms with Crippen LogP contribution in [0.5, 0.6) is 0 Å². The first kappa shape index (κ1) is 14.2. The van der Waals surface area contributed by atoms with Crippen LogP contribution in [-0.4, -0.2) is 29.6 Å². The Balaban J connectivity index is 2.25. The van der Waals surface area contributed by atoms with Crippen LogP contribution in [0.15, 0.2) is 16.8 Å². The average Bonchev–Trinajstić information content (AvgIpc) is 2.69. The SMILES string of the molecule is CN(CCCC(C)(C)C(=O)O)Cc1ccsc1. The molecule has 0 aliphatic carbocycles. The van der Waals surface area contributed by atoms with Crippen molar-refractivity contribution in [2.45, 2.75) is 33.2 Å². The lowest BCUT2D eigenvalue weighted by molar-refractivity contribution is -0.147. The van der Waals surface area contributed by atoms with Crippen molar-refractivity contribution in [1.82, 2.24) is 4.90 Å². The van der Waals surface area contributed by atoms with Crippen molar-refractivity contribution < 1.29 is 9.90 Å². The number of rotatable bonds is 7. The number of nitrogens with zero attached hydrogens (tertiary/aromatic N) is 1. The maximum atomic E-state index is 10.9. The first-order valence-electron chi connectivity index (χ1n) is 5.85. The molecule has 17 heavy (non-hydrogen) atoms. The van der Waals surface area contributed by atoms with Gasteiger partial charge < -0.3 is 10.0 Å². The molecule has 0 aliphatic heterocycles. The Morgan fingerprint density at radius 2 is 2.24 bits per heavy atom. The van der Waals surface area contributed by atoms with Gasteiger partial charge in [-0.15, -0.1) is 0 Å². The Hall–Kier alpha value is -0.870. The maximum absolute atomic E-state index is 10.9. The van der Waals surface area contributed by atoms with E-state index in [1.54, 1.807) is 25.2 Å². The molecule has 1 N–H and O–H groups in total. The van der Waals surface area contributed by atoms with Crippen molar-refractivity contribution in [3.63, 3.8) is 0 Å². The van der Waals surface area contributed by atoms with Crippen LogP contribution >= 0.6 is 11.3 Å². The number of carbonyl (C=O) groups is 1. The van der Waals surface area contributed by atoms with E-state index in [0.29, 0.717) is 0 Å². The summed E-state index contributed by atoms with van der Waals surface area (Å²) in [6, 6.07) is 2.13. The van der Waals surface area contributed by atoms with Gasteiger partial charge in [0.05, 0.1) is 5.41 Å². The molecule has 0 amide bonds. The van der Waals surface area contributed by atoms with Gasteiger partial charge in [0, 0.05) is 6.54 Å². The van der Waals surface area contributed by atoms with Crippen LogP contribution < -0.4 is 0 Å². The fourth-order valence-electron chi connectivity index (χ4n) is 1.67.